The Hall–Kier alpha value is -3.98. The zero-order chi connectivity index (χ0) is 24.1. The summed E-state index contributed by atoms with van der Waals surface area (Å²) in [5, 5.41) is 14.4. The standard InChI is InChI=1S/C25H22FN5O2S/c1-16-7-13-20(14-8-16)31-24(21-5-3-4-6-22(21)26)29-30-25(31)34-15-23(33)28-19-11-9-18(10-12-19)27-17(2)32/h3-14H,15H2,1-2H3,(H,27,32)(H,28,33). The van der Waals surface area contributed by atoms with Crippen LogP contribution in [0.2, 0.25) is 0 Å². The molecule has 0 aliphatic heterocycles. The first-order valence-electron chi connectivity index (χ1n) is 10.5. The van der Waals surface area contributed by atoms with Gasteiger partial charge in [0, 0.05) is 24.0 Å². The third kappa shape index (κ3) is 5.49. The highest BCUT2D eigenvalue weighted by molar-refractivity contribution is 7.99. The highest BCUT2D eigenvalue weighted by Crippen LogP contribution is 2.29. The molecule has 0 unspecified atom stereocenters. The Bertz CT molecular complexity index is 1320. The molecule has 0 saturated heterocycles. The van der Waals surface area contributed by atoms with Crippen molar-refractivity contribution < 1.29 is 14.0 Å². The number of rotatable bonds is 7. The molecular weight excluding hydrogens is 453 g/mol. The third-order valence-corrected chi connectivity index (χ3v) is 5.79. The van der Waals surface area contributed by atoms with Gasteiger partial charge in [0.05, 0.1) is 11.3 Å². The van der Waals surface area contributed by atoms with Crippen LogP contribution < -0.4 is 10.6 Å². The van der Waals surface area contributed by atoms with Gasteiger partial charge >= 0.3 is 0 Å². The van der Waals surface area contributed by atoms with E-state index in [4.69, 9.17) is 0 Å². The summed E-state index contributed by atoms with van der Waals surface area (Å²) in [7, 11) is 0. The zero-order valence-electron chi connectivity index (χ0n) is 18.6. The van der Waals surface area contributed by atoms with Gasteiger partial charge in [-0.1, -0.05) is 41.6 Å². The van der Waals surface area contributed by atoms with Crippen LogP contribution in [0.25, 0.3) is 17.1 Å². The first-order chi connectivity index (χ1) is 16.4. The monoisotopic (exact) mass is 475 g/mol. The normalized spacial score (nSPS) is 10.7. The molecule has 9 heteroatoms. The van der Waals surface area contributed by atoms with Crippen molar-refractivity contribution in [3.63, 3.8) is 0 Å². The maximum absolute atomic E-state index is 14.5. The minimum atomic E-state index is -0.403. The molecule has 34 heavy (non-hydrogen) atoms. The SMILES string of the molecule is CC(=O)Nc1ccc(NC(=O)CSc2nnc(-c3ccccc3F)n2-c2ccc(C)cc2)cc1. The lowest BCUT2D eigenvalue weighted by Crippen LogP contribution is -2.14. The molecule has 4 aromatic rings. The minimum absolute atomic E-state index is 0.0781. The number of thioether (sulfide) groups is 1. The molecule has 7 nitrogen and oxygen atoms in total. The largest absolute Gasteiger partial charge is 0.326 e. The van der Waals surface area contributed by atoms with E-state index in [1.807, 2.05) is 31.2 Å². The summed E-state index contributed by atoms with van der Waals surface area (Å²) in [4.78, 5) is 23.7. The van der Waals surface area contributed by atoms with E-state index in [2.05, 4.69) is 20.8 Å². The van der Waals surface area contributed by atoms with E-state index in [1.54, 1.807) is 47.0 Å². The van der Waals surface area contributed by atoms with Gasteiger partial charge in [-0.3, -0.25) is 14.2 Å². The number of anilines is 2. The lowest BCUT2D eigenvalue weighted by atomic mass is 10.2. The van der Waals surface area contributed by atoms with E-state index in [0.717, 1.165) is 11.3 Å². The van der Waals surface area contributed by atoms with Crippen LogP contribution in [-0.2, 0) is 9.59 Å². The number of amides is 2. The molecule has 172 valence electrons. The van der Waals surface area contributed by atoms with Crippen LogP contribution in [0.15, 0.2) is 78.0 Å². The molecule has 0 aliphatic rings. The second-order valence-electron chi connectivity index (χ2n) is 7.55. The number of nitrogens with zero attached hydrogens (tertiary/aromatic N) is 3. The van der Waals surface area contributed by atoms with Gasteiger partial charge in [-0.05, 0) is 55.5 Å². The van der Waals surface area contributed by atoms with Gasteiger partial charge in [-0.15, -0.1) is 10.2 Å². The minimum Gasteiger partial charge on any atom is -0.326 e. The lowest BCUT2D eigenvalue weighted by molar-refractivity contribution is -0.114. The average molecular weight is 476 g/mol. The Morgan fingerprint density at radius 2 is 1.56 bits per heavy atom. The van der Waals surface area contributed by atoms with E-state index in [1.165, 1.54) is 24.8 Å². The number of benzene rings is 3. The summed E-state index contributed by atoms with van der Waals surface area (Å²) in [6.45, 7) is 3.41. The average Bonchev–Trinajstić information content (AvgIpc) is 3.23. The zero-order valence-corrected chi connectivity index (χ0v) is 19.4. The van der Waals surface area contributed by atoms with Crippen molar-refractivity contribution in [2.45, 2.75) is 19.0 Å². The molecule has 0 saturated carbocycles. The molecule has 1 aromatic heterocycles. The summed E-state index contributed by atoms with van der Waals surface area (Å²) in [6, 6.07) is 20.9. The molecule has 0 fully saturated rings. The van der Waals surface area contributed by atoms with E-state index in [0.29, 0.717) is 27.9 Å². The van der Waals surface area contributed by atoms with Gasteiger partial charge in [-0.2, -0.15) is 0 Å². The van der Waals surface area contributed by atoms with Gasteiger partial charge in [0.25, 0.3) is 0 Å². The van der Waals surface area contributed by atoms with E-state index < -0.39 is 5.82 Å². The van der Waals surface area contributed by atoms with E-state index >= 15 is 0 Å². The topological polar surface area (TPSA) is 88.9 Å². The number of hydrogen-bond acceptors (Lipinski definition) is 5. The van der Waals surface area contributed by atoms with Crippen LogP contribution in [0.1, 0.15) is 12.5 Å². The highest BCUT2D eigenvalue weighted by atomic mass is 32.2. The molecule has 2 N–H and O–H groups in total. The van der Waals surface area contributed by atoms with Crippen LogP contribution in [0.4, 0.5) is 15.8 Å². The van der Waals surface area contributed by atoms with Crippen molar-refractivity contribution in [2.75, 3.05) is 16.4 Å². The molecule has 2 amide bonds. The fraction of sp³-hybridized carbons (Fsp3) is 0.120. The van der Waals surface area contributed by atoms with Gasteiger partial charge in [0.2, 0.25) is 11.8 Å². The second-order valence-corrected chi connectivity index (χ2v) is 8.49. The molecule has 0 atom stereocenters. The molecule has 0 spiro atoms. The number of carbonyl (C=O) groups is 2. The first-order valence-corrected chi connectivity index (χ1v) is 11.5. The number of aryl methyl sites for hydroxylation is 1. The maximum atomic E-state index is 14.5. The van der Waals surface area contributed by atoms with Crippen LogP contribution in [0.5, 0.6) is 0 Å². The fourth-order valence-corrected chi connectivity index (χ4v) is 4.03. The second kappa shape index (κ2) is 10.3. The summed E-state index contributed by atoms with van der Waals surface area (Å²) < 4.78 is 16.3. The quantitative estimate of drug-likeness (QED) is 0.364. The third-order valence-electron chi connectivity index (χ3n) is 4.86. The Balaban J connectivity index is 1.54. The summed E-state index contributed by atoms with van der Waals surface area (Å²) in [5.41, 5.74) is 3.43. The molecule has 0 aliphatic carbocycles. The first kappa shape index (κ1) is 23.2. The maximum Gasteiger partial charge on any atom is 0.234 e. The van der Waals surface area contributed by atoms with Crippen molar-refractivity contribution in [1.82, 2.24) is 14.8 Å². The van der Waals surface area contributed by atoms with Gasteiger partial charge in [-0.25, -0.2) is 4.39 Å². The Morgan fingerprint density at radius 1 is 0.912 bits per heavy atom. The molecule has 0 bridgehead atoms. The number of hydrogen-bond donors (Lipinski definition) is 2. The van der Waals surface area contributed by atoms with Gasteiger partial charge < -0.3 is 10.6 Å². The molecule has 4 rings (SSSR count). The van der Waals surface area contributed by atoms with Gasteiger partial charge in [0.1, 0.15) is 5.82 Å². The molecule has 1 heterocycles. The highest BCUT2D eigenvalue weighted by Gasteiger charge is 2.19. The Kier molecular flexibility index (Phi) is 7.03. The molecular formula is C25H22FN5O2S. The Labute approximate surface area is 200 Å². The van der Waals surface area contributed by atoms with E-state index in [-0.39, 0.29) is 17.6 Å². The molecule has 0 radical (unpaired) electrons. The Morgan fingerprint density at radius 3 is 2.21 bits per heavy atom. The van der Waals surface area contributed by atoms with E-state index in [9.17, 15) is 14.0 Å². The molecule has 3 aromatic carbocycles. The number of nitrogens with one attached hydrogen (secondary N) is 2. The van der Waals surface area contributed by atoms with Gasteiger partial charge in [0.15, 0.2) is 11.0 Å². The van der Waals surface area contributed by atoms with Crippen LogP contribution in [0, 0.1) is 12.7 Å². The number of halogens is 1. The summed E-state index contributed by atoms with van der Waals surface area (Å²) in [5.74, 6) is -0.364. The lowest BCUT2D eigenvalue weighted by Gasteiger charge is -2.11. The van der Waals surface area contributed by atoms with Crippen molar-refractivity contribution in [3.05, 3.63) is 84.2 Å². The predicted molar refractivity (Wildman–Crippen MR) is 132 cm³/mol. The number of carbonyl (C=O) groups excluding carboxylic acids is 2. The summed E-state index contributed by atoms with van der Waals surface area (Å²) >= 11 is 1.20. The van der Waals surface area contributed by atoms with Crippen LogP contribution >= 0.6 is 11.8 Å². The van der Waals surface area contributed by atoms with Crippen LogP contribution in [-0.4, -0.2) is 32.3 Å². The fourth-order valence-electron chi connectivity index (χ4n) is 3.27. The summed E-state index contributed by atoms with van der Waals surface area (Å²) in [6.07, 6.45) is 0. The van der Waals surface area contributed by atoms with Crippen molar-refractivity contribution in [1.29, 1.82) is 0 Å². The smallest absolute Gasteiger partial charge is 0.234 e. The number of aromatic nitrogens is 3. The van der Waals surface area contributed by atoms with Crippen molar-refractivity contribution >= 4 is 35.0 Å². The predicted octanol–water partition coefficient (Wildman–Crippen LogP) is 5.07. The van der Waals surface area contributed by atoms with Crippen molar-refractivity contribution in [3.8, 4) is 17.1 Å². The van der Waals surface area contributed by atoms with Crippen LogP contribution in [0.3, 0.4) is 0 Å². The van der Waals surface area contributed by atoms with Crippen molar-refractivity contribution in [2.24, 2.45) is 0 Å².